The number of halogens is 1. The van der Waals surface area contributed by atoms with Crippen LogP contribution in [0.3, 0.4) is 0 Å². The molecule has 0 saturated carbocycles. The van der Waals surface area contributed by atoms with E-state index >= 15 is 0 Å². The molecular formula is C14H11FO3. The first kappa shape index (κ1) is 12.1. The summed E-state index contributed by atoms with van der Waals surface area (Å²) in [5.74, 6) is -0.0838. The maximum Gasteiger partial charge on any atom is 0.307 e. The van der Waals surface area contributed by atoms with Crippen LogP contribution in [0, 0.1) is 5.82 Å². The summed E-state index contributed by atoms with van der Waals surface area (Å²) < 4.78 is 18.2. The zero-order valence-corrected chi connectivity index (χ0v) is 9.47. The smallest absolute Gasteiger partial charge is 0.307 e. The SMILES string of the molecule is O=C(O)Cc1ccc(Oc2ccc(F)cc2)cc1. The van der Waals surface area contributed by atoms with Gasteiger partial charge >= 0.3 is 5.97 Å². The Morgan fingerprint density at radius 2 is 1.50 bits per heavy atom. The van der Waals surface area contributed by atoms with Crippen LogP contribution in [0.4, 0.5) is 4.39 Å². The van der Waals surface area contributed by atoms with Gasteiger partial charge in [0.25, 0.3) is 0 Å². The molecule has 0 aliphatic rings. The van der Waals surface area contributed by atoms with Gasteiger partial charge in [0.05, 0.1) is 6.42 Å². The molecule has 0 bridgehead atoms. The molecule has 4 heteroatoms. The largest absolute Gasteiger partial charge is 0.481 e. The lowest BCUT2D eigenvalue weighted by atomic mass is 10.1. The van der Waals surface area contributed by atoms with Crippen molar-refractivity contribution in [1.82, 2.24) is 0 Å². The molecule has 0 aliphatic carbocycles. The Morgan fingerprint density at radius 1 is 1.00 bits per heavy atom. The summed E-state index contributed by atoms with van der Waals surface area (Å²) in [6, 6.07) is 12.4. The minimum Gasteiger partial charge on any atom is -0.481 e. The molecule has 2 aromatic rings. The highest BCUT2D eigenvalue weighted by molar-refractivity contribution is 5.70. The fraction of sp³-hybridized carbons (Fsp3) is 0.0714. The topological polar surface area (TPSA) is 46.5 Å². The number of hydrogen-bond donors (Lipinski definition) is 1. The second-order valence-corrected chi connectivity index (χ2v) is 3.77. The minimum absolute atomic E-state index is 0.0170. The Balaban J connectivity index is 2.06. The molecule has 2 rings (SSSR count). The molecule has 0 aliphatic heterocycles. The van der Waals surface area contributed by atoms with Gasteiger partial charge in [-0.15, -0.1) is 0 Å². The van der Waals surface area contributed by atoms with Gasteiger partial charge in [0.2, 0.25) is 0 Å². The van der Waals surface area contributed by atoms with Crippen molar-refractivity contribution >= 4 is 5.97 Å². The first-order valence-electron chi connectivity index (χ1n) is 5.37. The van der Waals surface area contributed by atoms with E-state index in [-0.39, 0.29) is 12.2 Å². The fourth-order valence-corrected chi connectivity index (χ4v) is 1.49. The molecule has 0 radical (unpaired) electrons. The van der Waals surface area contributed by atoms with Crippen LogP contribution in [0.25, 0.3) is 0 Å². The first-order valence-corrected chi connectivity index (χ1v) is 5.37. The van der Waals surface area contributed by atoms with Crippen molar-refractivity contribution in [1.29, 1.82) is 0 Å². The molecule has 3 nitrogen and oxygen atoms in total. The maximum atomic E-state index is 12.7. The van der Waals surface area contributed by atoms with E-state index < -0.39 is 5.97 Å². The monoisotopic (exact) mass is 246 g/mol. The van der Waals surface area contributed by atoms with Crippen molar-refractivity contribution in [3.63, 3.8) is 0 Å². The molecule has 18 heavy (non-hydrogen) atoms. The Hall–Kier alpha value is -2.36. The number of ether oxygens (including phenoxy) is 1. The second-order valence-electron chi connectivity index (χ2n) is 3.77. The lowest BCUT2D eigenvalue weighted by Crippen LogP contribution is -1.99. The predicted molar refractivity (Wildman–Crippen MR) is 64.3 cm³/mol. The van der Waals surface area contributed by atoms with Crippen molar-refractivity contribution in [3.8, 4) is 11.5 Å². The van der Waals surface area contributed by atoms with E-state index in [2.05, 4.69) is 0 Å². The van der Waals surface area contributed by atoms with Gasteiger partial charge in [0.1, 0.15) is 17.3 Å². The molecule has 2 aromatic carbocycles. The van der Waals surface area contributed by atoms with Crippen molar-refractivity contribution in [2.75, 3.05) is 0 Å². The third-order valence-electron chi connectivity index (χ3n) is 2.33. The van der Waals surface area contributed by atoms with Crippen LogP contribution in [0.1, 0.15) is 5.56 Å². The average Bonchev–Trinajstić information content (AvgIpc) is 2.34. The van der Waals surface area contributed by atoms with E-state index in [1.807, 2.05) is 0 Å². The number of benzene rings is 2. The summed E-state index contributed by atoms with van der Waals surface area (Å²) >= 11 is 0. The van der Waals surface area contributed by atoms with Crippen LogP contribution in [0.5, 0.6) is 11.5 Å². The van der Waals surface area contributed by atoms with Crippen molar-refractivity contribution in [2.45, 2.75) is 6.42 Å². The van der Waals surface area contributed by atoms with Crippen LogP contribution in [-0.4, -0.2) is 11.1 Å². The van der Waals surface area contributed by atoms with E-state index in [0.29, 0.717) is 17.1 Å². The quantitative estimate of drug-likeness (QED) is 0.900. The van der Waals surface area contributed by atoms with E-state index in [1.165, 1.54) is 24.3 Å². The minimum atomic E-state index is -0.873. The highest BCUT2D eigenvalue weighted by atomic mass is 19.1. The molecule has 0 atom stereocenters. The Bertz CT molecular complexity index is 532. The summed E-state index contributed by atoms with van der Waals surface area (Å²) in [5.41, 5.74) is 0.703. The molecule has 1 N–H and O–H groups in total. The number of carboxylic acids is 1. The Kier molecular flexibility index (Phi) is 3.57. The molecule has 0 heterocycles. The van der Waals surface area contributed by atoms with Gasteiger partial charge in [0, 0.05) is 0 Å². The van der Waals surface area contributed by atoms with Crippen LogP contribution in [-0.2, 0) is 11.2 Å². The molecule has 0 amide bonds. The molecule has 0 saturated heterocycles. The lowest BCUT2D eigenvalue weighted by molar-refractivity contribution is -0.136. The molecule has 0 spiro atoms. The number of rotatable bonds is 4. The summed E-state index contributed by atoms with van der Waals surface area (Å²) in [6.45, 7) is 0. The molecule has 0 unspecified atom stereocenters. The number of hydrogen-bond acceptors (Lipinski definition) is 2. The van der Waals surface area contributed by atoms with Gasteiger partial charge in [-0.25, -0.2) is 4.39 Å². The van der Waals surface area contributed by atoms with Crippen LogP contribution >= 0.6 is 0 Å². The van der Waals surface area contributed by atoms with Gasteiger partial charge in [-0.3, -0.25) is 4.79 Å². The van der Waals surface area contributed by atoms with E-state index in [0.717, 1.165) is 0 Å². The van der Waals surface area contributed by atoms with Crippen LogP contribution < -0.4 is 4.74 Å². The van der Waals surface area contributed by atoms with Crippen molar-refractivity contribution in [3.05, 3.63) is 59.9 Å². The standard InChI is InChI=1S/C14H11FO3/c15-11-3-7-13(8-4-11)18-12-5-1-10(2-6-12)9-14(16)17/h1-8H,9H2,(H,16,17). The van der Waals surface area contributed by atoms with Crippen LogP contribution in [0.2, 0.25) is 0 Å². The summed E-state index contributed by atoms with van der Waals surface area (Å²) in [4.78, 5) is 10.5. The van der Waals surface area contributed by atoms with Gasteiger partial charge < -0.3 is 9.84 Å². The summed E-state index contributed by atoms with van der Waals surface area (Å²) in [7, 11) is 0. The number of carbonyl (C=O) groups is 1. The highest BCUT2D eigenvalue weighted by Crippen LogP contribution is 2.21. The summed E-state index contributed by atoms with van der Waals surface area (Å²) in [5, 5.41) is 8.63. The molecule has 0 aromatic heterocycles. The zero-order chi connectivity index (χ0) is 13.0. The van der Waals surface area contributed by atoms with Crippen LogP contribution in [0.15, 0.2) is 48.5 Å². The Morgan fingerprint density at radius 3 is 2.00 bits per heavy atom. The lowest BCUT2D eigenvalue weighted by Gasteiger charge is -2.06. The van der Waals surface area contributed by atoms with Gasteiger partial charge in [-0.1, -0.05) is 12.1 Å². The number of carboxylic acid groups (broad SMARTS) is 1. The van der Waals surface area contributed by atoms with E-state index in [9.17, 15) is 9.18 Å². The van der Waals surface area contributed by atoms with E-state index in [4.69, 9.17) is 9.84 Å². The predicted octanol–water partition coefficient (Wildman–Crippen LogP) is 3.25. The average molecular weight is 246 g/mol. The Labute approximate surface area is 103 Å². The van der Waals surface area contributed by atoms with Gasteiger partial charge in [-0.05, 0) is 42.0 Å². The second kappa shape index (κ2) is 5.31. The number of aliphatic carboxylic acids is 1. The third kappa shape index (κ3) is 3.31. The van der Waals surface area contributed by atoms with Crippen molar-refractivity contribution < 1.29 is 19.0 Å². The fourth-order valence-electron chi connectivity index (χ4n) is 1.49. The first-order chi connectivity index (χ1) is 8.63. The molecular weight excluding hydrogens is 235 g/mol. The summed E-state index contributed by atoms with van der Waals surface area (Å²) in [6.07, 6.45) is -0.0170. The molecule has 0 fully saturated rings. The van der Waals surface area contributed by atoms with Crippen molar-refractivity contribution in [2.24, 2.45) is 0 Å². The zero-order valence-electron chi connectivity index (χ0n) is 9.47. The van der Waals surface area contributed by atoms with Gasteiger partial charge in [0.15, 0.2) is 0 Å². The van der Waals surface area contributed by atoms with E-state index in [1.54, 1.807) is 24.3 Å². The normalized spacial score (nSPS) is 10.1. The van der Waals surface area contributed by atoms with Gasteiger partial charge in [-0.2, -0.15) is 0 Å². The maximum absolute atomic E-state index is 12.7. The molecule has 92 valence electrons. The highest BCUT2D eigenvalue weighted by Gasteiger charge is 2.01. The third-order valence-corrected chi connectivity index (χ3v) is 2.33.